The number of aliphatic hydroxyl groups excluding tert-OH is 2. The molecule has 1 heterocycles. The Labute approximate surface area is 74.7 Å². The van der Waals surface area contributed by atoms with Crippen LogP contribution in [0.3, 0.4) is 0 Å². The topological polar surface area (TPSA) is 105 Å². The third-order valence-corrected chi connectivity index (χ3v) is 2.60. The number of carbonyl (C=O) groups excluding carboxylic acids is 1. The zero-order valence-electron chi connectivity index (χ0n) is 6.88. The maximum atomic E-state index is 10.5. The van der Waals surface area contributed by atoms with E-state index in [0.717, 1.165) is 0 Å². The molecular formula is C7H12N2O4. The third kappa shape index (κ3) is 1.27. The van der Waals surface area contributed by atoms with Crippen molar-refractivity contribution in [2.45, 2.75) is 24.4 Å². The smallest absolute Gasteiger partial charge is 0.312 e. The van der Waals surface area contributed by atoms with Gasteiger partial charge in [0, 0.05) is 5.92 Å². The van der Waals surface area contributed by atoms with E-state index in [1.54, 1.807) is 0 Å². The highest BCUT2D eigenvalue weighted by atomic mass is 16.5. The van der Waals surface area contributed by atoms with Crippen LogP contribution in [0.1, 0.15) is 0 Å². The van der Waals surface area contributed by atoms with Crippen LogP contribution in [0.5, 0.6) is 0 Å². The summed E-state index contributed by atoms with van der Waals surface area (Å²) in [6.07, 6.45) is -1.40. The Morgan fingerprint density at radius 3 is 2.69 bits per heavy atom. The molecule has 5 atom stereocenters. The number of nitrogens with one attached hydrogen (secondary N) is 1. The van der Waals surface area contributed by atoms with Crippen LogP contribution in [0, 0.1) is 5.92 Å². The lowest BCUT2D eigenvalue weighted by molar-refractivity contribution is -0.0326. The minimum atomic E-state index is -0.702. The standard InChI is InChI=1S/C7H12N2O4/c8-7(12)9-4-3-5(11)2(1-10)13-6(3)4/h2-6,10-11H,1H2,(H3,8,9,12)/t2-,3?,4?,5?,6?/m0/s1. The number of amides is 2. The quantitative estimate of drug-likeness (QED) is 0.393. The molecule has 2 amide bonds. The summed E-state index contributed by atoms with van der Waals surface area (Å²) in [5, 5.41) is 20.7. The van der Waals surface area contributed by atoms with Crippen LogP contribution < -0.4 is 11.1 Å². The Hall–Kier alpha value is -0.850. The number of hydrogen-bond acceptors (Lipinski definition) is 4. The Bertz CT molecular complexity index is 235. The minimum Gasteiger partial charge on any atom is -0.394 e. The molecule has 2 aliphatic rings. The van der Waals surface area contributed by atoms with E-state index in [1.165, 1.54) is 0 Å². The molecule has 2 fully saturated rings. The first-order valence-corrected chi connectivity index (χ1v) is 4.15. The van der Waals surface area contributed by atoms with Crippen LogP contribution in [-0.4, -0.2) is 47.2 Å². The summed E-state index contributed by atoms with van der Waals surface area (Å²) in [6.45, 7) is -0.197. The zero-order chi connectivity index (χ0) is 9.59. The largest absolute Gasteiger partial charge is 0.394 e. The average molecular weight is 188 g/mol. The van der Waals surface area contributed by atoms with E-state index in [-0.39, 0.29) is 24.7 Å². The van der Waals surface area contributed by atoms with E-state index in [0.29, 0.717) is 0 Å². The van der Waals surface area contributed by atoms with E-state index < -0.39 is 18.2 Å². The minimum absolute atomic E-state index is 0.107. The first-order chi connectivity index (χ1) is 6.15. The van der Waals surface area contributed by atoms with Gasteiger partial charge in [0.25, 0.3) is 0 Å². The second-order valence-electron chi connectivity index (χ2n) is 3.42. The first kappa shape index (κ1) is 8.74. The molecule has 74 valence electrons. The molecule has 1 aliphatic carbocycles. The summed E-state index contributed by atoms with van der Waals surface area (Å²) >= 11 is 0. The van der Waals surface area contributed by atoms with E-state index in [9.17, 15) is 9.90 Å². The fourth-order valence-electron chi connectivity index (χ4n) is 1.91. The van der Waals surface area contributed by atoms with Gasteiger partial charge in [0.1, 0.15) is 6.10 Å². The van der Waals surface area contributed by atoms with Gasteiger partial charge in [-0.15, -0.1) is 0 Å². The summed E-state index contributed by atoms with van der Waals surface area (Å²) in [7, 11) is 0. The predicted molar refractivity (Wildman–Crippen MR) is 41.8 cm³/mol. The average Bonchev–Trinajstić information content (AvgIpc) is 2.59. The molecule has 4 unspecified atom stereocenters. The number of primary amides is 1. The van der Waals surface area contributed by atoms with E-state index in [4.69, 9.17) is 15.6 Å². The Morgan fingerprint density at radius 1 is 1.62 bits per heavy atom. The van der Waals surface area contributed by atoms with Crippen molar-refractivity contribution in [2.24, 2.45) is 11.7 Å². The molecule has 13 heavy (non-hydrogen) atoms. The van der Waals surface area contributed by atoms with Gasteiger partial charge in [-0.2, -0.15) is 0 Å². The molecule has 0 bridgehead atoms. The van der Waals surface area contributed by atoms with Crippen molar-refractivity contribution < 1.29 is 19.7 Å². The summed E-state index contributed by atoms with van der Waals surface area (Å²) in [5.41, 5.74) is 4.91. The molecule has 6 heteroatoms. The van der Waals surface area contributed by atoms with Crippen molar-refractivity contribution in [3.8, 4) is 0 Å². The van der Waals surface area contributed by atoms with Crippen LogP contribution in [-0.2, 0) is 4.74 Å². The number of fused-ring (bicyclic) bond motifs is 1. The van der Waals surface area contributed by atoms with Crippen molar-refractivity contribution >= 4 is 6.03 Å². The van der Waals surface area contributed by atoms with Crippen LogP contribution in [0.25, 0.3) is 0 Å². The SMILES string of the molecule is NC(=O)NC1C2O[C@@H](CO)C(O)C12. The lowest BCUT2D eigenvalue weighted by Crippen LogP contribution is -2.40. The zero-order valence-corrected chi connectivity index (χ0v) is 6.88. The van der Waals surface area contributed by atoms with Gasteiger partial charge in [0.2, 0.25) is 0 Å². The fourth-order valence-corrected chi connectivity index (χ4v) is 1.91. The third-order valence-electron chi connectivity index (χ3n) is 2.60. The second kappa shape index (κ2) is 2.83. The van der Waals surface area contributed by atoms with Crippen molar-refractivity contribution in [2.75, 3.05) is 6.61 Å². The normalized spacial score (nSPS) is 47.1. The molecule has 6 nitrogen and oxygen atoms in total. The fraction of sp³-hybridized carbons (Fsp3) is 0.857. The molecule has 1 saturated carbocycles. The second-order valence-corrected chi connectivity index (χ2v) is 3.42. The number of ether oxygens (including phenoxy) is 1. The Kier molecular flexibility index (Phi) is 1.90. The highest BCUT2D eigenvalue weighted by Gasteiger charge is 2.63. The predicted octanol–water partition coefficient (Wildman–Crippen LogP) is -2.23. The van der Waals surface area contributed by atoms with E-state index >= 15 is 0 Å². The molecule has 0 spiro atoms. The number of aliphatic hydroxyl groups is 2. The number of carbonyl (C=O) groups is 1. The molecule has 0 aromatic rings. The molecule has 0 radical (unpaired) electrons. The van der Waals surface area contributed by atoms with Gasteiger partial charge in [0.15, 0.2) is 0 Å². The maximum absolute atomic E-state index is 10.5. The first-order valence-electron chi connectivity index (χ1n) is 4.15. The molecule has 5 N–H and O–H groups in total. The summed E-state index contributed by atoms with van der Waals surface area (Å²) < 4.78 is 5.24. The van der Waals surface area contributed by atoms with E-state index in [2.05, 4.69) is 5.32 Å². The van der Waals surface area contributed by atoms with Crippen molar-refractivity contribution in [1.82, 2.24) is 5.32 Å². The lowest BCUT2D eigenvalue weighted by atomic mass is 10.1. The van der Waals surface area contributed by atoms with Crippen molar-refractivity contribution in [1.29, 1.82) is 0 Å². The van der Waals surface area contributed by atoms with Crippen LogP contribution in [0.4, 0.5) is 4.79 Å². The van der Waals surface area contributed by atoms with Gasteiger partial charge in [-0.1, -0.05) is 0 Å². The molecule has 1 saturated heterocycles. The van der Waals surface area contributed by atoms with Gasteiger partial charge in [0.05, 0.1) is 24.9 Å². The summed E-state index contributed by atoms with van der Waals surface area (Å²) in [5.74, 6) is -0.107. The summed E-state index contributed by atoms with van der Waals surface area (Å²) in [6, 6.07) is -0.800. The highest BCUT2D eigenvalue weighted by molar-refractivity contribution is 5.72. The molecule has 1 aliphatic heterocycles. The van der Waals surface area contributed by atoms with Gasteiger partial charge >= 0.3 is 6.03 Å². The Balaban J connectivity index is 1.90. The van der Waals surface area contributed by atoms with Gasteiger partial charge in [-0.25, -0.2) is 4.79 Å². The number of nitrogens with two attached hydrogens (primary N) is 1. The number of hydrogen-bond donors (Lipinski definition) is 4. The van der Waals surface area contributed by atoms with Crippen LogP contribution >= 0.6 is 0 Å². The van der Waals surface area contributed by atoms with E-state index in [1.807, 2.05) is 0 Å². The van der Waals surface area contributed by atoms with Gasteiger partial charge in [-0.05, 0) is 0 Å². The summed E-state index contributed by atoms with van der Waals surface area (Å²) in [4.78, 5) is 10.5. The van der Waals surface area contributed by atoms with Crippen molar-refractivity contribution in [3.05, 3.63) is 0 Å². The molecular weight excluding hydrogens is 176 g/mol. The molecule has 0 aromatic carbocycles. The number of urea groups is 1. The van der Waals surface area contributed by atoms with Gasteiger partial charge in [-0.3, -0.25) is 0 Å². The highest BCUT2D eigenvalue weighted by Crippen LogP contribution is 2.45. The van der Waals surface area contributed by atoms with Crippen LogP contribution in [0.2, 0.25) is 0 Å². The molecule has 0 aromatic heterocycles. The lowest BCUT2D eigenvalue weighted by Gasteiger charge is -2.17. The monoisotopic (exact) mass is 188 g/mol. The van der Waals surface area contributed by atoms with Crippen LogP contribution in [0.15, 0.2) is 0 Å². The van der Waals surface area contributed by atoms with Gasteiger partial charge < -0.3 is 26.0 Å². The van der Waals surface area contributed by atoms with Crippen molar-refractivity contribution in [3.63, 3.8) is 0 Å². The number of rotatable bonds is 2. The Morgan fingerprint density at radius 2 is 2.31 bits per heavy atom. The maximum Gasteiger partial charge on any atom is 0.312 e. The molecule has 2 rings (SSSR count).